The van der Waals surface area contributed by atoms with E-state index in [1.165, 1.54) is 0 Å². The van der Waals surface area contributed by atoms with Gasteiger partial charge in [-0.1, -0.05) is 20.8 Å². The number of nitrogens with one attached hydrogen (secondary N) is 3. The molecule has 12 nitrogen and oxygen atoms in total. The Morgan fingerprint density at radius 2 is 1.91 bits per heavy atom. The molecule has 0 saturated carbocycles. The van der Waals surface area contributed by atoms with Gasteiger partial charge in [0.05, 0.1) is 19.6 Å². The Morgan fingerprint density at radius 1 is 1.18 bits per heavy atom. The van der Waals surface area contributed by atoms with E-state index in [9.17, 15) is 14.4 Å². The number of nitrogens with zero attached hydrogens (tertiary/aromatic N) is 3. The molecule has 1 fully saturated rings. The van der Waals surface area contributed by atoms with Gasteiger partial charge in [-0.25, -0.2) is 5.01 Å². The van der Waals surface area contributed by atoms with Crippen molar-refractivity contribution < 1.29 is 29.0 Å². The van der Waals surface area contributed by atoms with Crippen LogP contribution in [0.25, 0.3) is 0 Å². The van der Waals surface area contributed by atoms with Crippen molar-refractivity contribution >= 4 is 37.7 Å². The van der Waals surface area contributed by atoms with E-state index in [2.05, 4.69) is 34.9 Å². The molecule has 1 aliphatic heterocycles. The third-order valence-corrected chi connectivity index (χ3v) is 4.86. The molecule has 0 aromatic carbocycles. The zero-order chi connectivity index (χ0) is 23.8. The van der Waals surface area contributed by atoms with Gasteiger partial charge in [0, 0.05) is 78.2 Å². The molecular weight excluding hydrogens is 490 g/mol. The van der Waals surface area contributed by atoms with Crippen molar-refractivity contribution in [1.29, 1.82) is 0 Å². The number of hydrazine groups is 1. The molecule has 0 aromatic heterocycles. The van der Waals surface area contributed by atoms with E-state index in [-0.39, 0.29) is 39.4 Å². The van der Waals surface area contributed by atoms with E-state index in [0.29, 0.717) is 51.9 Å². The Morgan fingerprint density at radius 3 is 2.58 bits per heavy atom. The number of rotatable bonds is 11. The van der Waals surface area contributed by atoms with Gasteiger partial charge in [0.15, 0.2) is 0 Å². The minimum Gasteiger partial charge on any atom is -0.480 e. The van der Waals surface area contributed by atoms with Crippen LogP contribution in [-0.4, -0.2) is 149 Å². The molecule has 0 aliphatic carbocycles. The average Bonchev–Trinajstić information content (AvgIpc) is 2.73. The summed E-state index contributed by atoms with van der Waals surface area (Å²) in [6.45, 7) is 11.3. The molecular formula is C20H40GaN6O6. The SMILES string of the molecule is CCN(CCN1CCN(NCCNC(C)C)CCNCC(=O)OCOC(=O)C1)CC(=O)O.[Ga]. The molecule has 1 rings (SSSR count). The molecule has 33 heavy (non-hydrogen) atoms. The zero-order valence-electron chi connectivity index (χ0n) is 20.2. The van der Waals surface area contributed by atoms with Gasteiger partial charge < -0.3 is 25.2 Å². The minimum atomic E-state index is -0.882. The minimum absolute atomic E-state index is 0. The number of likely N-dealkylation sites (N-methyl/N-ethyl adjacent to an activating group) is 1. The first-order valence-electron chi connectivity index (χ1n) is 11.2. The van der Waals surface area contributed by atoms with Crippen LogP contribution < -0.4 is 16.1 Å². The summed E-state index contributed by atoms with van der Waals surface area (Å²) in [5.41, 5.74) is 3.39. The average molecular weight is 530 g/mol. The van der Waals surface area contributed by atoms with E-state index in [4.69, 9.17) is 14.6 Å². The Kier molecular flexibility index (Phi) is 18.5. The second kappa shape index (κ2) is 19.1. The second-order valence-corrected chi connectivity index (χ2v) is 7.87. The van der Waals surface area contributed by atoms with Crippen LogP contribution in [0.3, 0.4) is 0 Å². The number of ether oxygens (including phenoxy) is 2. The van der Waals surface area contributed by atoms with Gasteiger partial charge in [0.1, 0.15) is 0 Å². The number of hydrogen-bond donors (Lipinski definition) is 4. The van der Waals surface area contributed by atoms with Crippen LogP contribution in [0.15, 0.2) is 0 Å². The summed E-state index contributed by atoms with van der Waals surface area (Å²) >= 11 is 0. The van der Waals surface area contributed by atoms with Crippen molar-refractivity contribution in [3.8, 4) is 0 Å². The van der Waals surface area contributed by atoms with Crippen molar-refractivity contribution in [3.05, 3.63) is 0 Å². The van der Waals surface area contributed by atoms with Gasteiger partial charge >= 0.3 is 17.9 Å². The summed E-state index contributed by atoms with van der Waals surface area (Å²) in [5.74, 6) is -1.86. The van der Waals surface area contributed by atoms with Crippen LogP contribution in [0.5, 0.6) is 0 Å². The summed E-state index contributed by atoms with van der Waals surface area (Å²) < 4.78 is 9.92. The van der Waals surface area contributed by atoms with Crippen LogP contribution in [0, 0.1) is 0 Å². The number of carbonyl (C=O) groups is 3. The first-order valence-corrected chi connectivity index (χ1v) is 11.2. The molecule has 0 spiro atoms. The summed E-state index contributed by atoms with van der Waals surface area (Å²) in [7, 11) is 0. The topological polar surface area (TPSA) is 136 Å². The van der Waals surface area contributed by atoms with Gasteiger partial charge in [0.2, 0.25) is 6.79 Å². The zero-order valence-corrected chi connectivity index (χ0v) is 22.6. The predicted octanol–water partition coefficient (Wildman–Crippen LogP) is -2.23. The van der Waals surface area contributed by atoms with Crippen molar-refractivity contribution in [1.82, 2.24) is 30.9 Å². The molecule has 3 radical (unpaired) electrons. The number of carboxylic acids is 1. The summed E-state index contributed by atoms with van der Waals surface area (Å²) in [6.07, 6.45) is 0. The Balaban J connectivity index is 0.0000102. The van der Waals surface area contributed by atoms with E-state index < -0.39 is 24.7 Å². The van der Waals surface area contributed by atoms with Crippen LogP contribution in [-0.2, 0) is 23.9 Å². The quantitative estimate of drug-likeness (QED) is 0.131. The molecule has 0 aromatic rings. The van der Waals surface area contributed by atoms with Crippen LogP contribution >= 0.6 is 0 Å². The van der Waals surface area contributed by atoms with Crippen molar-refractivity contribution in [2.75, 3.05) is 85.3 Å². The normalized spacial score (nSPS) is 17.8. The Labute approximate surface area is 209 Å². The van der Waals surface area contributed by atoms with Crippen LogP contribution in [0.1, 0.15) is 20.8 Å². The van der Waals surface area contributed by atoms with E-state index in [0.717, 1.165) is 13.1 Å². The maximum absolute atomic E-state index is 12.2. The Bertz CT molecular complexity index is 571. The maximum Gasteiger partial charge on any atom is 0.323 e. The molecule has 4 N–H and O–H groups in total. The number of carbonyl (C=O) groups excluding carboxylic acids is 2. The van der Waals surface area contributed by atoms with Gasteiger partial charge in [-0.3, -0.25) is 29.6 Å². The van der Waals surface area contributed by atoms with Crippen molar-refractivity contribution in [3.63, 3.8) is 0 Å². The largest absolute Gasteiger partial charge is 0.480 e. The number of carboxylic acid groups (broad SMARTS) is 1. The Hall–Kier alpha value is -1.19. The van der Waals surface area contributed by atoms with E-state index in [1.54, 1.807) is 4.90 Å². The number of hydrogen-bond acceptors (Lipinski definition) is 11. The number of esters is 2. The summed E-state index contributed by atoms with van der Waals surface area (Å²) in [4.78, 5) is 38.7. The molecule has 0 amide bonds. The van der Waals surface area contributed by atoms with Gasteiger partial charge in [-0.2, -0.15) is 0 Å². The summed E-state index contributed by atoms with van der Waals surface area (Å²) in [6, 6.07) is 0.400. The van der Waals surface area contributed by atoms with Gasteiger partial charge in [-0.05, 0) is 6.54 Å². The number of aliphatic carboxylic acids is 1. The van der Waals surface area contributed by atoms with Crippen LogP contribution in [0.2, 0.25) is 0 Å². The summed E-state index contributed by atoms with van der Waals surface area (Å²) in [5, 5.41) is 17.5. The van der Waals surface area contributed by atoms with E-state index in [1.807, 2.05) is 11.8 Å². The smallest absolute Gasteiger partial charge is 0.323 e. The maximum atomic E-state index is 12.2. The van der Waals surface area contributed by atoms with Gasteiger partial charge in [0.25, 0.3) is 0 Å². The fourth-order valence-corrected chi connectivity index (χ4v) is 3.04. The molecule has 0 bridgehead atoms. The first-order chi connectivity index (χ1) is 15.3. The molecule has 0 unspecified atom stereocenters. The standard InChI is InChI=1S/C20H40N6O6.Ga/c1-4-24(14-18(27)28)9-10-25-11-12-26(23-6-5-22-17(2)3)8-7-21-13-19(29)31-16-32-20(30)15-25;/h17,21-23H,4-16H2,1-3H3,(H,27,28);. The van der Waals surface area contributed by atoms with Crippen LogP contribution in [0.4, 0.5) is 0 Å². The van der Waals surface area contributed by atoms with E-state index >= 15 is 0 Å². The second-order valence-electron chi connectivity index (χ2n) is 7.87. The molecule has 1 saturated heterocycles. The molecule has 189 valence electrons. The molecule has 13 heteroatoms. The fourth-order valence-electron chi connectivity index (χ4n) is 3.04. The molecule has 1 aliphatic rings. The van der Waals surface area contributed by atoms with Gasteiger partial charge in [-0.15, -0.1) is 0 Å². The van der Waals surface area contributed by atoms with Crippen molar-refractivity contribution in [2.24, 2.45) is 0 Å². The van der Waals surface area contributed by atoms with Crippen molar-refractivity contribution in [2.45, 2.75) is 26.8 Å². The predicted molar refractivity (Wildman–Crippen MR) is 125 cm³/mol. The molecule has 0 atom stereocenters. The fraction of sp³-hybridized carbons (Fsp3) is 0.850. The first kappa shape index (κ1) is 31.8. The third-order valence-electron chi connectivity index (χ3n) is 4.86. The third kappa shape index (κ3) is 17.0. The monoisotopic (exact) mass is 529 g/mol. The number of cyclic esters (lactones) is 2. The molecule has 1 heterocycles.